The minimum atomic E-state index is 0.0431. The number of benzene rings is 1. The molecule has 1 heterocycles. The molecular formula is C20H28NO2+. The Hall–Kier alpha value is -2.03. The molecule has 2 aliphatic rings. The molecular weight excluding hydrogens is 286 g/mol. The summed E-state index contributed by atoms with van der Waals surface area (Å²) in [4.78, 5) is 0. The second kappa shape index (κ2) is 7.03. The standard InChI is InChI=1S/C20H28NO2/c1-7-21(8-2)15-9-10-17-18(20(3,4)5)14-16(11-12-22-6)23-19(17)13-15/h9-14H,7-8H2,1-6H3/q+1/b12-11+. The van der Waals surface area contributed by atoms with Crippen LogP contribution in [0.1, 0.15) is 45.9 Å². The van der Waals surface area contributed by atoms with Gasteiger partial charge in [-0.2, -0.15) is 0 Å². The average Bonchev–Trinajstić information content (AvgIpc) is 2.52. The van der Waals surface area contributed by atoms with Gasteiger partial charge in [-0.3, -0.25) is 0 Å². The Kier molecular flexibility index (Phi) is 5.30. The van der Waals surface area contributed by atoms with Crippen molar-refractivity contribution in [3.05, 3.63) is 47.2 Å². The average molecular weight is 314 g/mol. The molecule has 0 unspecified atom stereocenters. The fraction of sp³-hybridized carbons (Fsp3) is 0.450. The number of fused-ring (bicyclic) bond motifs is 1. The number of hydrogen-bond donors (Lipinski definition) is 0. The van der Waals surface area contributed by atoms with Crippen LogP contribution in [0.2, 0.25) is 0 Å². The van der Waals surface area contributed by atoms with E-state index in [-0.39, 0.29) is 5.41 Å². The Bertz CT molecular complexity index is 726. The molecule has 1 aliphatic heterocycles. The Morgan fingerprint density at radius 3 is 2.39 bits per heavy atom. The van der Waals surface area contributed by atoms with Gasteiger partial charge < -0.3 is 9.15 Å². The highest BCUT2D eigenvalue weighted by Gasteiger charge is 2.22. The lowest BCUT2D eigenvalue weighted by molar-refractivity contribution is 0.340. The minimum absolute atomic E-state index is 0.0431. The summed E-state index contributed by atoms with van der Waals surface area (Å²) in [6.07, 6.45) is 3.50. The summed E-state index contributed by atoms with van der Waals surface area (Å²) in [6, 6.07) is 8.61. The molecule has 3 heteroatoms. The molecule has 0 amide bonds. The van der Waals surface area contributed by atoms with Crippen molar-refractivity contribution in [2.24, 2.45) is 0 Å². The number of hydrogen-bond acceptors (Lipinski definition) is 2. The Morgan fingerprint density at radius 2 is 1.83 bits per heavy atom. The maximum Gasteiger partial charge on any atom is 0.203 e. The Labute approximate surface area is 139 Å². The second-order valence-corrected chi connectivity index (χ2v) is 6.70. The third-order valence-electron chi connectivity index (χ3n) is 4.07. The fourth-order valence-electron chi connectivity index (χ4n) is 2.82. The van der Waals surface area contributed by atoms with Crippen LogP contribution in [-0.2, 0) is 10.2 Å². The van der Waals surface area contributed by atoms with Crippen molar-refractivity contribution in [1.29, 1.82) is 0 Å². The topological polar surface area (TPSA) is 25.4 Å². The van der Waals surface area contributed by atoms with Crippen LogP contribution >= 0.6 is 0 Å². The monoisotopic (exact) mass is 314 g/mol. The van der Waals surface area contributed by atoms with Gasteiger partial charge in [0.15, 0.2) is 0 Å². The highest BCUT2D eigenvalue weighted by atomic mass is 16.5. The van der Waals surface area contributed by atoms with Crippen LogP contribution in [0.3, 0.4) is 0 Å². The third kappa shape index (κ3) is 3.84. The van der Waals surface area contributed by atoms with Crippen LogP contribution in [0.25, 0.3) is 17.4 Å². The summed E-state index contributed by atoms with van der Waals surface area (Å²) in [6.45, 7) is 13.0. The molecule has 0 aromatic rings. The first kappa shape index (κ1) is 17.3. The van der Waals surface area contributed by atoms with Crippen LogP contribution in [0.5, 0.6) is 0 Å². The van der Waals surface area contributed by atoms with Gasteiger partial charge in [0.05, 0.1) is 19.4 Å². The van der Waals surface area contributed by atoms with Gasteiger partial charge in [0.1, 0.15) is 24.6 Å². The summed E-state index contributed by atoms with van der Waals surface area (Å²) >= 11 is 0. The van der Waals surface area contributed by atoms with E-state index in [0.717, 1.165) is 24.6 Å². The summed E-state index contributed by atoms with van der Waals surface area (Å²) in [5.41, 5.74) is 2.49. The lowest BCUT2D eigenvalue weighted by Gasteiger charge is -2.23. The summed E-state index contributed by atoms with van der Waals surface area (Å²) in [7, 11) is 1.64. The van der Waals surface area contributed by atoms with E-state index in [1.54, 1.807) is 13.4 Å². The minimum Gasteiger partial charge on any atom is -0.504 e. The number of rotatable bonds is 4. The Morgan fingerprint density at radius 1 is 1.13 bits per heavy atom. The van der Waals surface area contributed by atoms with Gasteiger partial charge in [0.25, 0.3) is 0 Å². The maximum absolute atomic E-state index is 6.09. The lowest BCUT2D eigenvalue weighted by atomic mass is 9.83. The second-order valence-electron chi connectivity index (χ2n) is 6.70. The van der Waals surface area contributed by atoms with E-state index < -0.39 is 0 Å². The van der Waals surface area contributed by atoms with Gasteiger partial charge in [-0.05, 0) is 37.0 Å². The summed E-state index contributed by atoms with van der Waals surface area (Å²) in [5.74, 6) is 1.72. The van der Waals surface area contributed by atoms with Crippen molar-refractivity contribution < 1.29 is 9.15 Å². The van der Waals surface area contributed by atoms with Crippen molar-refractivity contribution >= 4 is 6.08 Å². The zero-order valence-electron chi connectivity index (χ0n) is 15.1. The summed E-state index contributed by atoms with van der Waals surface area (Å²) in [5, 5.41) is 1.19. The number of methoxy groups -OCH3 is 1. The van der Waals surface area contributed by atoms with Gasteiger partial charge in [-0.15, -0.1) is 0 Å². The van der Waals surface area contributed by atoms with Gasteiger partial charge in [0, 0.05) is 17.7 Å². The van der Waals surface area contributed by atoms with Gasteiger partial charge in [0.2, 0.25) is 5.36 Å². The van der Waals surface area contributed by atoms with Crippen LogP contribution in [0.15, 0.2) is 34.9 Å². The molecule has 0 saturated carbocycles. The molecule has 0 aromatic heterocycles. The predicted molar refractivity (Wildman–Crippen MR) is 96.4 cm³/mol. The smallest absolute Gasteiger partial charge is 0.203 e. The molecule has 0 radical (unpaired) electrons. The zero-order chi connectivity index (χ0) is 17.0. The largest absolute Gasteiger partial charge is 0.504 e. The molecule has 1 aliphatic carbocycles. The van der Waals surface area contributed by atoms with Crippen LogP contribution in [0.4, 0.5) is 0 Å². The first-order valence-corrected chi connectivity index (χ1v) is 8.26. The first-order chi connectivity index (χ1) is 10.9. The Balaban J connectivity index is 2.77. The number of nitrogens with zero attached hydrogens (tertiary/aromatic N) is 1. The van der Waals surface area contributed by atoms with Crippen LogP contribution in [-0.4, -0.2) is 20.2 Å². The molecule has 124 valence electrons. The predicted octanol–water partition coefficient (Wildman–Crippen LogP) is 4.11. The van der Waals surface area contributed by atoms with Gasteiger partial charge in [-0.25, -0.2) is 4.58 Å². The molecule has 3 nitrogen and oxygen atoms in total. The molecule has 0 fully saturated rings. The SMILES string of the molecule is CC[N+](CC)=c1ccc2c(C(C)(C)C)cc(/C=C/OC)oc-2c1. The van der Waals surface area contributed by atoms with E-state index in [2.05, 4.69) is 63.5 Å². The van der Waals surface area contributed by atoms with Crippen molar-refractivity contribution in [3.63, 3.8) is 0 Å². The molecule has 0 aromatic carbocycles. The third-order valence-corrected chi connectivity index (χ3v) is 4.07. The maximum atomic E-state index is 6.09. The van der Waals surface area contributed by atoms with Crippen molar-refractivity contribution in [2.45, 2.75) is 40.0 Å². The normalized spacial score (nSPS) is 12.1. The highest BCUT2D eigenvalue weighted by Crippen LogP contribution is 2.35. The molecule has 0 spiro atoms. The van der Waals surface area contributed by atoms with Crippen LogP contribution < -0.4 is 9.93 Å². The van der Waals surface area contributed by atoms with E-state index in [1.807, 2.05) is 6.08 Å². The summed E-state index contributed by atoms with van der Waals surface area (Å²) < 4.78 is 13.4. The molecule has 0 atom stereocenters. The molecule has 2 rings (SSSR count). The van der Waals surface area contributed by atoms with Crippen LogP contribution in [0, 0.1) is 0 Å². The fourth-order valence-corrected chi connectivity index (χ4v) is 2.82. The first-order valence-electron chi connectivity index (χ1n) is 8.26. The van der Waals surface area contributed by atoms with E-state index in [0.29, 0.717) is 0 Å². The zero-order valence-corrected chi connectivity index (χ0v) is 15.1. The number of ether oxygens (including phenoxy) is 1. The van der Waals surface area contributed by atoms with Crippen molar-refractivity contribution in [3.8, 4) is 11.3 Å². The molecule has 23 heavy (non-hydrogen) atoms. The van der Waals surface area contributed by atoms with Gasteiger partial charge >= 0.3 is 0 Å². The van der Waals surface area contributed by atoms with E-state index in [1.165, 1.54) is 16.5 Å². The van der Waals surface area contributed by atoms with Crippen molar-refractivity contribution in [2.75, 3.05) is 20.2 Å². The van der Waals surface area contributed by atoms with Crippen molar-refractivity contribution in [1.82, 2.24) is 4.58 Å². The molecule has 0 bridgehead atoms. The van der Waals surface area contributed by atoms with E-state index in [9.17, 15) is 0 Å². The van der Waals surface area contributed by atoms with E-state index >= 15 is 0 Å². The quantitative estimate of drug-likeness (QED) is 0.627. The molecule has 0 saturated heterocycles. The molecule has 0 N–H and O–H groups in total. The lowest BCUT2D eigenvalue weighted by Crippen LogP contribution is -2.29. The van der Waals surface area contributed by atoms with Gasteiger partial charge in [-0.1, -0.05) is 20.8 Å². The van der Waals surface area contributed by atoms with E-state index in [4.69, 9.17) is 9.15 Å². The highest BCUT2D eigenvalue weighted by molar-refractivity contribution is 5.66.